The number of nitrogens with one attached hydrogen (secondary N) is 1. The molecular weight excluding hydrogens is 597 g/mol. The summed E-state index contributed by atoms with van der Waals surface area (Å²) in [6, 6.07) is 15.0. The molecule has 1 N–H and O–H groups in total. The van der Waals surface area contributed by atoms with E-state index in [2.05, 4.69) is 5.32 Å². The Morgan fingerprint density at radius 2 is 1.65 bits per heavy atom. The number of hydrogen-bond acceptors (Lipinski definition) is 6. The first-order valence-electron chi connectivity index (χ1n) is 14.1. The normalized spacial score (nSPS) is 13.2. The van der Waals surface area contributed by atoms with Crippen LogP contribution in [-0.2, 0) is 26.2 Å². The highest BCUT2D eigenvalue weighted by Crippen LogP contribution is 2.34. The van der Waals surface area contributed by atoms with Gasteiger partial charge in [-0.05, 0) is 66.9 Å². The van der Waals surface area contributed by atoms with Gasteiger partial charge in [0, 0.05) is 24.2 Å². The zero-order valence-corrected chi connectivity index (χ0v) is 25.7. The van der Waals surface area contributed by atoms with Gasteiger partial charge in [0.2, 0.25) is 11.8 Å². The quantitative estimate of drug-likeness (QED) is 0.261. The lowest BCUT2D eigenvalue weighted by Gasteiger charge is -2.33. The predicted molar refractivity (Wildman–Crippen MR) is 162 cm³/mol. The van der Waals surface area contributed by atoms with E-state index in [4.69, 9.17) is 21.1 Å². The van der Waals surface area contributed by atoms with Crippen molar-refractivity contribution in [3.05, 3.63) is 83.1 Å². The van der Waals surface area contributed by atoms with Gasteiger partial charge >= 0.3 is 0 Å². The van der Waals surface area contributed by atoms with Crippen molar-refractivity contribution in [3.63, 3.8) is 0 Å². The first-order valence-corrected chi connectivity index (χ1v) is 16.0. The van der Waals surface area contributed by atoms with Crippen LogP contribution in [-0.4, -0.2) is 57.5 Å². The fraction of sp³-hybridized carbons (Fsp3) is 0.355. The van der Waals surface area contributed by atoms with Gasteiger partial charge in [0.1, 0.15) is 31.6 Å². The van der Waals surface area contributed by atoms with Crippen LogP contribution in [0.25, 0.3) is 0 Å². The molecule has 0 saturated heterocycles. The molecule has 1 aliphatic rings. The zero-order valence-electron chi connectivity index (χ0n) is 24.1. The number of carbonyl (C=O) groups excluding carboxylic acids is 2. The second-order valence-electron chi connectivity index (χ2n) is 10.0. The molecule has 0 spiro atoms. The van der Waals surface area contributed by atoms with E-state index in [1.807, 2.05) is 6.92 Å². The molecule has 43 heavy (non-hydrogen) atoms. The van der Waals surface area contributed by atoms with Crippen LogP contribution >= 0.6 is 11.6 Å². The first kappa shape index (κ1) is 32.1. The number of rotatable bonds is 13. The summed E-state index contributed by atoms with van der Waals surface area (Å²) in [4.78, 5) is 28.6. The van der Waals surface area contributed by atoms with E-state index >= 15 is 0 Å². The lowest BCUT2D eigenvalue weighted by Crippen LogP contribution is -2.52. The Kier molecular flexibility index (Phi) is 10.9. The minimum Gasteiger partial charge on any atom is -0.486 e. The number of hydrogen-bond donors (Lipinski definition) is 1. The molecule has 2 amide bonds. The van der Waals surface area contributed by atoms with Gasteiger partial charge in [0.15, 0.2) is 11.5 Å². The fourth-order valence-corrected chi connectivity index (χ4v) is 6.22. The zero-order chi connectivity index (χ0) is 31.0. The van der Waals surface area contributed by atoms with Crippen LogP contribution in [0.3, 0.4) is 0 Å². The van der Waals surface area contributed by atoms with Crippen molar-refractivity contribution in [3.8, 4) is 11.5 Å². The second-order valence-corrected chi connectivity index (χ2v) is 12.3. The molecule has 3 aromatic carbocycles. The average molecular weight is 632 g/mol. The number of unbranched alkanes of at least 4 members (excludes halogenated alkanes) is 1. The third-order valence-corrected chi connectivity index (χ3v) is 9.00. The highest BCUT2D eigenvalue weighted by molar-refractivity contribution is 7.92. The van der Waals surface area contributed by atoms with E-state index in [1.165, 1.54) is 35.2 Å². The largest absolute Gasteiger partial charge is 0.486 e. The Morgan fingerprint density at radius 1 is 0.977 bits per heavy atom. The second kappa shape index (κ2) is 14.6. The van der Waals surface area contributed by atoms with Gasteiger partial charge in [-0.25, -0.2) is 12.8 Å². The number of amides is 2. The van der Waals surface area contributed by atoms with E-state index in [9.17, 15) is 22.4 Å². The van der Waals surface area contributed by atoms with Gasteiger partial charge in [-0.2, -0.15) is 0 Å². The molecule has 1 heterocycles. The van der Waals surface area contributed by atoms with Crippen LogP contribution in [0, 0.1) is 5.82 Å². The maximum Gasteiger partial charge on any atom is 0.264 e. The van der Waals surface area contributed by atoms with Crippen LogP contribution in [0.15, 0.2) is 71.6 Å². The molecule has 230 valence electrons. The minimum absolute atomic E-state index is 0.0387. The number of ether oxygens (including phenoxy) is 2. The number of halogens is 2. The maximum absolute atomic E-state index is 14.1. The van der Waals surface area contributed by atoms with Crippen LogP contribution in [0.2, 0.25) is 5.02 Å². The van der Waals surface area contributed by atoms with Crippen molar-refractivity contribution < 1.29 is 31.9 Å². The van der Waals surface area contributed by atoms with E-state index in [-0.39, 0.29) is 35.4 Å². The Labute approximate surface area is 256 Å². The smallest absolute Gasteiger partial charge is 0.264 e. The molecule has 1 aliphatic heterocycles. The first-order chi connectivity index (χ1) is 20.6. The molecule has 1 atom stereocenters. The number of sulfonamides is 1. The molecule has 0 saturated carbocycles. The SMILES string of the molecule is CCCCNC(=O)[C@H](CC)N(Cc1ccc(Cl)cc1)C(=O)CN(c1ccc(F)cc1)S(=O)(=O)c1ccc2c(c1)OCCO2. The predicted octanol–water partition coefficient (Wildman–Crippen LogP) is 5.17. The highest BCUT2D eigenvalue weighted by atomic mass is 35.5. The molecule has 0 aromatic heterocycles. The van der Waals surface area contributed by atoms with Crippen LogP contribution in [0.4, 0.5) is 10.1 Å². The lowest BCUT2D eigenvalue weighted by molar-refractivity contribution is -0.140. The van der Waals surface area contributed by atoms with Gasteiger partial charge in [-0.1, -0.05) is 44.0 Å². The van der Waals surface area contributed by atoms with Crippen molar-refractivity contribution >= 4 is 39.1 Å². The van der Waals surface area contributed by atoms with Crippen LogP contribution in [0.1, 0.15) is 38.7 Å². The summed E-state index contributed by atoms with van der Waals surface area (Å²) in [5.41, 5.74) is 0.789. The Balaban J connectivity index is 1.72. The van der Waals surface area contributed by atoms with Crippen molar-refractivity contribution in [1.82, 2.24) is 10.2 Å². The van der Waals surface area contributed by atoms with Crippen molar-refractivity contribution in [2.75, 3.05) is 30.6 Å². The van der Waals surface area contributed by atoms with Gasteiger partial charge in [-0.15, -0.1) is 0 Å². The fourth-order valence-electron chi connectivity index (χ4n) is 4.66. The van der Waals surface area contributed by atoms with E-state index in [0.29, 0.717) is 35.9 Å². The summed E-state index contributed by atoms with van der Waals surface area (Å²) >= 11 is 6.06. The molecule has 4 rings (SSSR count). The summed E-state index contributed by atoms with van der Waals surface area (Å²) < 4.78 is 54.0. The summed E-state index contributed by atoms with van der Waals surface area (Å²) in [7, 11) is -4.37. The maximum atomic E-state index is 14.1. The Morgan fingerprint density at radius 3 is 2.30 bits per heavy atom. The molecule has 0 aliphatic carbocycles. The number of fused-ring (bicyclic) bond motifs is 1. The third kappa shape index (κ3) is 7.97. The van der Waals surface area contributed by atoms with Crippen molar-refractivity contribution in [2.45, 2.75) is 50.6 Å². The van der Waals surface area contributed by atoms with Crippen LogP contribution < -0.4 is 19.1 Å². The molecule has 0 bridgehead atoms. The van der Waals surface area contributed by atoms with Crippen molar-refractivity contribution in [2.24, 2.45) is 0 Å². The Hall–Kier alpha value is -3.83. The Bertz CT molecular complexity index is 1520. The summed E-state index contributed by atoms with van der Waals surface area (Å²) in [5, 5.41) is 3.40. The number of carbonyl (C=O) groups is 2. The molecule has 3 aromatic rings. The summed E-state index contributed by atoms with van der Waals surface area (Å²) in [6.07, 6.45) is 1.96. The van der Waals surface area contributed by atoms with Crippen LogP contribution in [0.5, 0.6) is 11.5 Å². The number of nitrogens with zero attached hydrogens (tertiary/aromatic N) is 2. The molecule has 12 heteroatoms. The average Bonchev–Trinajstić information content (AvgIpc) is 3.01. The molecule has 0 unspecified atom stereocenters. The van der Waals surface area contributed by atoms with Gasteiger partial charge in [-0.3, -0.25) is 13.9 Å². The topological polar surface area (TPSA) is 105 Å². The molecule has 0 radical (unpaired) electrons. The van der Waals surface area contributed by atoms with E-state index in [1.54, 1.807) is 31.2 Å². The van der Waals surface area contributed by atoms with Crippen molar-refractivity contribution in [1.29, 1.82) is 0 Å². The monoisotopic (exact) mass is 631 g/mol. The van der Waals surface area contributed by atoms with Gasteiger partial charge in [0.05, 0.1) is 10.6 Å². The molecular formula is C31H35ClFN3O6S. The standard InChI is InChI=1S/C31H35ClFN3O6S/c1-3-5-16-34-31(38)27(4-2)35(20-22-6-8-23(32)9-7-22)30(37)21-36(25-12-10-24(33)11-13-25)43(39,40)26-14-15-28-29(19-26)42-18-17-41-28/h6-15,19,27H,3-5,16-18,20-21H2,1-2H3,(H,34,38)/t27-/m0/s1. The molecule has 0 fully saturated rings. The number of benzene rings is 3. The molecule has 9 nitrogen and oxygen atoms in total. The van der Waals surface area contributed by atoms with E-state index in [0.717, 1.165) is 29.3 Å². The van der Waals surface area contributed by atoms with Gasteiger partial charge in [0.25, 0.3) is 10.0 Å². The minimum atomic E-state index is -4.37. The summed E-state index contributed by atoms with van der Waals surface area (Å²) in [5.74, 6) is -0.842. The highest BCUT2D eigenvalue weighted by Gasteiger charge is 2.34. The van der Waals surface area contributed by atoms with Gasteiger partial charge < -0.3 is 19.7 Å². The summed E-state index contributed by atoms with van der Waals surface area (Å²) in [6.45, 7) is 4.24. The van der Waals surface area contributed by atoms with E-state index < -0.39 is 34.3 Å². The lowest BCUT2D eigenvalue weighted by atomic mass is 10.1. The number of anilines is 1. The third-order valence-electron chi connectivity index (χ3n) is 6.98.